The van der Waals surface area contributed by atoms with Crippen molar-refractivity contribution in [3.63, 3.8) is 0 Å². The van der Waals surface area contributed by atoms with Crippen LogP contribution in [0.3, 0.4) is 0 Å². The highest BCUT2D eigenvalue weighted by Gasteiger charge is 1.99. The lowest BCUT2D eigenvalue weighted by atomic mass is 10.1. The minimum atomic E-state index is -0.675. The quantitative estimate of drug-likeness (QED) is 0.323. The van der Waals surface area contributed by atoms with E-state index < -0.39 is 5.97 Å². The van der Waals surface area contributed by atoms with E-state index in [2.05, 4.69) is 12.6 Å². The van der Waals surface area contributed by atoms with Crippen molar-refractivity contribution in [1.29, 1.82) is 0 Å². The second kappa shape index (κ2) is 12.7. The molecule has 0 spiro atoms. The summed E-state index contributed by atoms with van der Waals surface area (Å²) >= 11 is 9.08. The highest BCUT2D eigenvalue weighted by molar-refractivity contribution is 8.10. The summed E-state index contributed by atoms with van der Waals surface area (Å²) in [6.45, 7) is 0.998. The van der Waals surface area contributed by atoms with Crippen molar-refractivity contribution in [3.05, 3.63) is 0 Å². The number of carbonyl (C=O) groups is 1. The first-order valence-electron chi connectivity index (χ1n) is 7.20. The van der Waals surface area contributed by atoms with Gasteiger partial charge in [-0.3, -0.25) is 4.79 Å². The third kappa shape index (κ3) is 13.9. The van der Waals surface area contributed by atoms with Crippen LogP contribution < -0.4 is 0 Å². The molecule has 0 fully saturated rings. The second-order valence-electron chi connectivity index (χ2n) is 5.03. The summed E-state index contributed by atoms with van der Waals surface area (Å²) in [7, 11) is 1.98. The zero-order valence-corrected chi connectivity index (χ0v) is 13.6. The molecule has 0 saturated carbocycles. The van der Waals surface area contributed by atoms with Gasteiger partial charge in [0, 0.05) is 20.0 Å². The predicted octanol–water partition coefficient (Wildman–Crippen LogP) is 4.12. The van der Waals surface area contributed by atoms with E-state index in [0.717, 1.165) is 19.4 Å². The third-order valence-corrected chi connectivity index (χ3v) is 3.86. The van der Waals surface area contributed by atoms with Crippen molar-refractivity contribution < 1.29 is 9.90 Å². The predicted molar refractivity (Wildman–Crippen MR) is 88.0 cm³/mol. The third-order valence-electron chi connectivity index (χ3n) is 3.21. The maximum atomic E-state index is 10.3. The van der Waals surface area contributed by atoms with E-state index in [0.29, 0.717) is 10.7 Å². The summed E-state index contributed by atoms with van der Waals surface area (Å²) < 4.78 is 0.668. The lowest BCUT2D eigenvalue weighted by molar-refractivity contribution is -0.137. The van der Waals surface area contributed by atoms with Crippen LogP contribution in [0, 0.1) is 0 Å². The van der Waals surface area contributed by atoms with Crippen LogP contribution in [0.25, 0.3) is 0 Å². The average molecular weight is 306 g/mol. The first kappa shape index (κ1) is 18.7. The van der Waals surface area contributed by atoms with Gasteiger partial charge in [-0.15, -0.1) is 12.6 Å². The highest BCUT2D eigenvalue weighted by atomic mass is 32.1. The van der Waals surface area contributed by atoms with Gasteiger partial charge < -0.3 is 10.0 Å². The van der Waals surface area contributed by atoms with Crippen molar-refractivity contribution in [3.8, 4) is 0 Å². The second-order valence-corrected chi connectivity index (χ2v) is 6.14. The SMILES string of the molecule is CN(CCCCCCCCCCCC(=O)O)C(=S)S. The summed E-state index contributed by atoms with van der Waals surface area (Å²) in [5.41, 5.74) is 0. The van der Waals surface area contributed by atoms with Gasteiger partial charge in [0.1, 0.15) is 4.32 Å². The molecule has 1 N–H and O–H groups in total. The van der Waals surface area contributed by atoms with Gasteiger partial charge in [-0.2, -0.15) is 0 Å². The molecule has 0 aromatic heterocycles. The fourth-order valence-corrected chi connectivity index (χ4v) is 2.15. The van der Waals surface area contributed by atoms with Gasteiger partial charge in [0.2, 0.25) is 0 Å². The van der Waals surface area contributed by atoms with E-state index in [1.54, 1.807) is 0 Å². The fourth-order valence-electron chi connectivity index (χ4n) is 1.96. The number of carboxylic acids is 1. The smallest absolute Gasteiger partial charge is 0.303 e. The molecule has 0 atom stereocenters. The fraction of sp³-hybridized carbons (Fsp3) is 0.857. The van der Waals surface area contributed by atoms with Crippen molar-refractivity contribution in [2.75, 3.05) is 13.6 Å². The number of nitrogens with zero attached hydrogens (tertiary/aromatic N) is 1. The largest absolute Gasteiger partial charge is 0.481 e. The average Bonchev–Trinajstić information content (AvgIpc) is 2.35. The number of aliphatic carboxylic acids is 1. The molecule has 0 aliphatic heterocycles. The van der Waals surface area contributed by atoms with E-state index >= 15 is 0 Å². The minimum Gasteiger partial charge on any atom is -0.481 e. The Labute approximate surface area is 128 Å². The lowest BCUT2D eigenvalue weighted by Gasteiger charge is -2.15. The van der Waals surface area contributed by atoms with E-state index in [1.165, 1.54) is 44.9 Å². The van der Waals surface area contributed by atoms with Crippen LogP contribution in [0.4, 0.5) is 0 Å². The monoisotopic (exact) mass is 305 g/mol. The summed E-state index contributed by atoms with van der Waals surface area (Å²) in [5.74, 6) is -0.675. The number of hydrogen-bond acceptors (Lipinski definition) is 2. The van der Waals surface area contributed by atoms with Gasteiger partial charge in [-0.25, -0.2) is 0 Å². The lowest BCUT2D eigenvalue weighted by Crippen LogP contribution is -2.21. The Kier molecular flexibility index (Phi) is 12.5. The van der Waals surface area contributed by atoms with Crippen LogP contribution in [0.5, 0.6) is 0 Å². The molecule has 5 heteroatoms. The maximum absolute atomic E-state index is 10.3. The van der Waals surface area contributed by atoms with Crippen molar-refractivity contribution >= 4 is 35.1 Å². The molecule has 0 saturated heterocycles. The van der Waals surface area contributed by atoms with Crippen LogP contribution in [-0.4, -0.2) is 33.9 Å². The van der Waals surface area contributed by atoms with Gasteiger partial charge in [0.15, 0.2) is 0 Å². The van der Waals surface area contributed by atoms with Crippen molar-refractivity contribution in [2.24, 2.45) is 0 Å². The summed E-state index contributed by atoms with van der Waals surface area (Å²) in [4.78, 5) is 12.3. The highest BCUT2D eigenvalue weighted by Crippen LogP contribution is 2.11. The molecular formula is C14H27NO2S2. The van der Waals surface area contributed by atoms with Crippen LogP contribution in [0.1, 0.15) is 64.2 Å². The van der Waals surface area contributed by atoms with Gasteiger partial charge in [-0.1, -0.05) is 57.2 Å². The zero-order valence-electron chi connectivity index (χ0n) is 11.9. The minimum absolute atomic E-state index is 0.320. The van der Waals surface area contributed by atoms with Gasteiger partial charge in [0.25, 0.3) is 0 Å². The molecule has 0 unspecified atom stereocenters. The van der Waals surface area contributed by atoms with E-state index in [-0.39, 0.29) is 0 Å². The van der Waals surface area contributed by atoms with Gasteiger partial charge in [0.05, 0.1) is 0 Å². The number of thiocarbonyl (C=S) groups is 1. The Balaban J connectivity index is 3.11. The Hall–Kier alpha value is -0.290. The number of thiol groups is 1. The molecule has 0 aromatic carbocycles. The Morgan fingerprint density at radius 3 is 1.84 bits per heavy atom. The first-order valence-corrected chi connectivity index (χ1v) is 8.05. The van der Waals surface area contributed by atoms with Crippen LogP contribution in [0.2, 0.25) is 0 Å². The summed E-state index contributed by atoms with van der Waals surface area (Å²) in [5, 5.41) is 8.49. The number of hydrogen-bond donors (Lipinski definition) is 2. The van der Waals surface area contributed by atoms with Crippen LogP contribution in [-0.2, 0) is 4.79 Å². The number of carboxylic acid groups (broad SMARTS) is 1. The standard InChI is InChI=1S/C14H27NO2S2/c1-15(14(18)19)12-10-8-6-4-2-3-5-7-9-11-13(16)17/h2-12H2,1H3,(H,16,17)(H,18,19). The maximum Gasteiger partial charge on any atom is 0.303 e. The molecule has 0 bridgehead atoms. The van der Waals surface area contributed by atoms with Gasteiger partial charge >= 0.3 is 5.97 Å². The molecule has 112 valence electrons. The summed E-state index contributed by atoms with van der Waals surface area (Å²) in [6.07, 6.45) is 10.9. The number of rotatable bonds is 12. The van der Waals surface area contributed by atoms with Crippen LogP contribution in [0.15, 0.2) is 0 Å². The molecular weight excluding hydrogens is 278 g/mol. The number of unbranched alkanes of at least 4 members (excludes halogenated alkanes) is 8. The molecule has 0 rings (SSSR count). The van der Waals surface area contributed by atoms with Gasteiger partial charge in [-0.05, 0) is 12.8 Å². The molecule has 0 amide bonds. The molecule has 3 nitrogen and oxygen atoms in total. The van der Waals surface area contributed by atoms with Crippen molar-refractivity contribution in [2.45, 2.75) is 64.2 Å². The first-order chi connectivity index (χ1) is 9.04. The Morgan fingerprint density at radius 1 is 1.00 bits per heavy atom. The van der Waals surface area contributed by atoms with Crippen LogP contribution >= 0.6 is 24.8 Å². The Morgan fingerprint density at radius 2 is 1.42 bits per heavy atom. The zero-order chi connectivity index (χ0) is 14.5. The normalized spacial score (nSPS) is 10.4. The topological polar surface area (TPSA) is 40.5 Å². The summed E-state index contributed by atoms with van der Waals surface area (Å²) in [6, 6.07) is 0. The van der Waals surface area contributed by atoms with Crippen molar-refractivity contribution in [1.82, 2.24) is 4.90 Å². The Bertz CT molecular complexity index is 260. The molecule has 19 heavy (non-hydrogen) atoms. The van der Waals surface area contributed by atoms with E-state index in [1.807, 2.05) is 11.9 Å². The molecule has 0 radical (unpaired) electrons. The van der Waals surface area contributed by atoms with E-state index in [4.69, 9.17) is 17.3 Å². The van der Waals surface area contributed by atoms with E-state index in [9.17, 15) is 4.79 Å². The molecule has 0 aliphatic rings. The molecule has 0 aromatic rings. The molecule has 0 aliphatic carbocycles. The molecule has 0 heterocycles.